The van der Waals surface area contributed by atoms with Gasteiger partial charge in [-0.25, -0.2) is 9.69 Å². The lowest BCUT2D eigenvalue weighted by Crippen LogP contribution is -2.54. The SMILES string of the molecule is CCOc1cc(/C=C2\C(=O)NC(=O)N(c3ccc(Cl)c(Cl)c3)C2=O)cc(Br)c1Oc1ccc(C(F)(F)F)cc1[N+](=O)[O-]. The van der Waals surface area contributed by atoms with Gasteiger partial charge in [0.15, 0.2) is 11.5 Å². The number of carbonyl (C=O) groups is 3. The zero-order valence-electron chi connectivity index (χ0n) is 20.9. The Kier molecular flexibility index (Phi) is 8.80. The number of benzene rings is 3. The van der Waals surface area contributed by atoms with Crippen LogP contribution in [0.3, 0.4) is 0 Å². The van der Waals surface area contributed by atoms with Gasteiger partial charge in [0.25, 0.3) is 11.8 Å². The molecular formula is C26H15BrCl2F3N3O7. The first-order valence-corrected chi connectivity index (χ1v) is 13.1. The number of amides is 4. The van der Waals surface area contributed by atoms with Crippen molar-refractivity contribution >= 4 is 74.4 Å². The maximum absolute atomic E-state index is 13.2. The van der Waals surface area contributed by atoms with E-state index in [2.05, 4.69) is 21.2 Å². The zero-order chi connectivity index (χ0) is 30.9. The van der Waals surface area contributed by atoms with Crippen molar-refractivity contribution in [2.45, 2.75) is 13.1 Å². The number of nitrogens with one attached hydrogen (secondary N) is 1. The fourth-order valence-corrected chi connectivity index (χ4v) is 4.58. The number of rotatable bonds is 7. The quantitative estimate of drug-likeness (QED) is 0.118. The van der Waals surface area contributed by atoms with E-state index in [0.29, 0.717) is 17.0 Å². The number of barbiturate groups is 1. The lowest BCUT2D eigenvalue weighted by molar-refractivity contribution is -0.385. The second-order valence-electron chi connectivity index (χ2n) is 8.36. The van der Waals surface area contributed by atoms with Gasteiger partial charge in [0.2, 0.25) is 5.75 Å². The third-order valence-corrected chi connectivity index (χ3v) is 6.93. The normalized spacial score (nSPS) is 14.7. The number of ether oxygens (including phenoxy) is 2. The summed E-state index contributed by atoms with van der Waals surface area (Å²) < 4.78 is 50.6. The van der Waals surface area contributed by atoms with Crippen LogP contribution in [-0.4, -0.2) is 29.4 Å². The summed E-state index contributed by atoms with van der Waals surface area (Å²) in [5.41, 5.74) is -2.38. The molecular weight excluding hydrogens is 674 g/mol. The summed E-state index contributed by atoms with van der Waals surface area (Å²) in [6.07, 6.45) is -3.66. The Morgan fingerprint density at radius 2 is 1.76 bits per heavy atom. The molecule has 0 atom stereocenters. The van der Waals surface area contributed by atoms with Crippen molar-refractivity contribution < 1.29 is 42.0 Å². The largest absolute Gasteiger partial charge is 0.490 e. The standard InChI is InChI=1S/C26H15BrCl2F3N3O7/c1-2-41-21-9-12(7-15-23(36)33-25(38)34(24(15)37)14-4-5-17(28)18(29)11-14)8-16(27)22(21)42-20-6-3-13(26(30,31)32)10-19(20)35(39)40/h3-11H,2H2,1H3,(H,33,36,38)/b15-7+. The third kappa shape index (κ3) is 6.35. The van der Waals surface area contributed by atoms with Gasteiger partial charge in [-0.15, -0.1) is 0 Å². The predicted octanol–water partition coefficient (Wildman–Crippen LogP) is 7.54. The molecule has 3 aromatic rings. The molecule has 1 heterocycles. The molecule has 10 nitrogen and oxygen atoms in total. The van der Waals surface area contributed by atoms with Crippen LogP contribution < -0.4 is 19.7 Å². The zero-order valence-corrected chi connectivity index (χ0v) is 24.0. The third-order valence-electron chi connectivity index (χ3n) is 5.60. The van der Waals surface area contributed by atoms with Crippen LogP contribution in [-0.2, 0) is 15.8 Å². The van der Waals surface area contributed by atoms with E-state index in [1.807, 2.05) is 0 Å². The first kappa shape index (κ1) is 30.8. The van der Waals surface area contributed by atoms with Crippen molar-refractivity contribution in [2.75, 3.05) is 11.5 Å². The van der Waals surface area contributed by atoms with Crippen LogP contribution in [0.15, 0.2) is 58.6 Å². The van der Waals surface area contributed by atoms with Gasteiger partial charge < -0.3 is 9.47 Å². The maximum atomic E-state index is 13.2. The predicted molar refractivity (Wildman–Crippen MR) is 149 cm³/mol. The number of nitrogens with zero attached hydrogens (tertiary/aromatic N) is 2. The van der Waals surface area contributed by atoms with Crippen molar-refractivity contribution in [2.24, 2.45) is 0 Å². The lowest BCUT2D eigenvalue weighted by Gasteiger charge is -2.26. The van der Waals surface area contributed by atoms with Gasteiger partial charge in [-0.3, -0.25) is 25.0 Å². The van der Waals surface area contributed by atoms with Gasteiger partial charge in [-0.2, -0.15) is 13.2 Å². The Bertz CT molecular complexity index is 1680. The van der Waals surface area contributed by atoms with Crippen LogP contribution in [0.25, 0.3) is 6.08 Å². The van der Waals surface area contributed by atoms with Gasteiger partial charge in [-0.05, 0) is 77.0 Å². The van der Waals surface area contributed by atoms with E-state index in [1.165, 1.54) is 30.3 Å². The number of carbonyl (C=O) groups excluding carboxylic acids is 3. The number of hydrogen-bond acceptors (Lipinski definition) is 7. The Hall–Kier alpha value is -4.14. The first-order valence-electron chi connectivity index (χ1n) is 11.6. The minimum Gasteiger partial charge on any atom is -0.490 e. The summed E-state index contributed by atoms with van der Waals surface area (Å²) in [6, 6.07) is 7.44. The number of halogens is 6. The molecule has 0 radical (unpaired) electrons. The fraction of sp³-hybridized carbons (Fsp3) is 0.115. The van der Waals surface area contributed by atoms with Crippen molar-refractivity contribution in [3.63, 3.8) is 0 Å². The molecule has 0 saturated carbocycles. The molecule has 3 aromatic carbocycles. The molecule has 1 fully saturated rings. The number of nitro benzene ring substituents is 1. The Labute approximate surface area is 252 Å². The molecule has 4 amide bonds. The molecule has 0 bridgehead atoms. The number of imide groups is 2. The summed E-state index contributed by atoms with van der Waals surface area (Å²) in [7, 11) is 0. The molecule has 0 spiro atoms. The monoisotopic (exact) mass is 687 g/mol. The van der Waals surface area contributed by atoms with Crippen LogP contribution in [0.5, 0.6) is 17.2 Å². The van der Waals surface area contributed by atoms with Crippen molar-refractivity contribution in [1.82, 2.24) is 5.32 Å². The summed E-state index contributed by atoms with van der Waals surface area (Å²) in [4.78, 5) is 49.5. The molecule has 16 heteroatoms. The van der Waals surface area contributed by atoms with E-state index in [9.17, 15) is 37.7 Å². The van der Waals surface area contributed by atoms with Crippen LogP contribution in [0.4, 0.5) is 29.3 Å². The molecule has 1 N–H and O–H groups in total. The van der Waals surface area contributed by atoms with Gasteiger partial charge in [0, 0.05) is 6.07 Å². The molecule has 1 saturated heterocycles. The molecule has 1 aliphatic rings. The van der Waals surface area contributed by atoms with Crippen LogP contribution >= 0.6 is 39.1 Å². The van der Waals surface area contributed by atoms with E-state index in [4.69, 9.17) is 32.7 Å². The van der Waals surface area contributed by atoms with Crippen molar-refractivity contribution in [3.05, 3.63) is 89.9 Å². The number of urea groups is 1. The highest BCUT2D eigenvalue weighted by atomic mass is 79.9. The number of alkyl halides is 3. The lowest BCUT2D eigenvalue weighted by atomic mass is 10.1. The highest BCUT2D eigenvalue weighted by Crippen LogP contribution is 2.44. The van der Waals surface area contributed by atoms with Crippen LogP contribution in [0.2, 0.25) is 10.0 Å². The first-order chi connectivity index (χ1) is 19.7. The fourth-order valence-electron chi connectivity index (χ4n) is 3.75. The van der Waals surface area contributed by atoms with Crippen molar-refractivity contribution in [1.29, 1.82) is 0 Å². The highest BCUT2D eigenvalue weighted by Gasteiger charge is 2.37. The molecule has 0 aliphatic carbocycles. The Morgan fingerprint density at radius 3 is 2.38 bits per heavy atom. The smallest absolute Gasteiger partial charge is 0.416 e. The van der Waals surface area contributed by atoms with Gasteiger partial charge in [0.1, 0.15) is 5.57 Å². The second kappa shape index (κ2) is 12.0. The molecule has 0 unspecified atom stereocenters. The average molecular weight is 689 g/mol. The highest BCUT2D eigenvalue weighted by molar-refractivity contribution is 9.10. The second-order valence-corrected chi connectivity index (χ2v) is 10.0. The van der Waals surface area contributed by atoms with Gasteiger partial charge in [-0.1, -0.05) is 23.2 Å². The maximum Gasteiger partial charge on any atom is 0.416 e. The summed E-state index contributed by atoms with van der Waals surface area (Å²) in [5, 5.41) is 13.8. The molecule has 218 valence electrons. The Morgan fingerprint density at radius 1 is 1.05 bits per heavy atom. The van der Waals surface area contributed by atoms with Gasteiger partial charge >= 0.3 is 17.9 Å². The molecule has 4 rings (SSSR count). The van der Waals surface area contributed by atoms with Crippen LogP contribution in [0, 0.1) is 10.1 Å². The molecule has 0 aromatic heterocycles. The minimum atomic E-state index is -4.82. The minimum absolute atomic E-state index is 0.0333. The van der Waals surface area contributed by atoms with E-state index in [0.717, 1.165) is 12.1 Å². The summed E-state index contributed by atoms with van der Waals surface area (Å²) in [5.74, 6) is -2.63. The van der Waals surface area contributed by atoms with E-state index in [-0.39, 0.29) is 43.9 Å². The number of anilines is 1. The number of hydrogen-bond donors (Lipinski definition) is 1. The Balaban J connectivity index is 1.74. The number of nitro groups is 1. The molecule has 1 aliphatic heterocycles. The van der Waals surface area contributed by atoms with Crippen molar-refractivity contribution in [3.8, 4) is 17.2 Å². The summed E-state index contributed by atoms with van der Waals surface area (Å²) >= 11 is 15.2. The van der Waals surface area contributed by atoms with Crippen LogP contribution in [0.1, 0.15) is 18.1 Å². The topological polar surface area (TPSA) is 128 Å². The average Bonchev–Trinajstić information content (AvgIpc) is 2.90. The summed E-state index contributed by atoms with van der Waals surface area (Å²) in [6.45, 7) is 1.68. The van der Waals surface area contributed by atoms with Gasteiger partial charge in [0.05, 0.1) is 37.3 Å². The van der Waals surface area contributed by atoms with E-state index < -0.39 is 51.5 Å². The van der Waals surface area contributed by atoms with E-state index in [1.54, 1.807) is 6.92 Å². The molecule has 42 heavy (non-hydrogen) atoms. The van der Waals surface area contributed by atoms with E-state index >= 15 is 0 Å².